The lowest BCUT2D eigenvalue weighted by Crippen LogP contribution is -2.62. The van der Waals surface area contributed by atoms with E-state index in [0.29, 0.717) is 35.3 Å². The molecule has 4 aliphatic rings. The first-order chi connectivity index (χ1) is 28.5. The molecule has 0 aromatic heterocycles. The first kappa shape index (κ1) is 47.8. The van der Waals surface area contributed by atoms with Gasteiger partial charge in [-0.25, -0.2) is 0 Å². The molecule has 14 heteroatoms. The maximum atomic E-state index is 14.6. The van der Waals surface area contributed by atoms with Crippen LogP contribution in [0.15, 0.2) is 36.4 Å². The summed E-state index contributed by atoms with van der Waals surface area (Å²) in [5.74, 6) is -0.877. The van der Waals surface area contributed by atoms with Crippen LogP contribution >= 0.6 is 0 Å². The molecule has 6 rings (SSSR count). The molecular formula is C47H72N6O8. The second-order valence-electron chi connectivity index (χ2n) is 20.1. The van der Waals surface area contributed by atoms with Crippen LogP contribution in [0.3, 0.4) is 0 Å². The molecule has 2 aromatic rings. The quantitative estimate of drug-likeness (QED) is 0.134. The van der Waals surface area contributed by atoms with Crippen LogP contribution in [0.4, 0.5) is 5.69 Å². The van der Waals surface area contributed by atoms with E-state index in [4.69, 9.17) is 14.7 Å². The van der Waals surface area contributed by atoms with Crippen molar-refractivity contribution in [3.63, 3.8) is 0 Å². The Morgan fingerprint density at radius 3 is 2.33 bits per heavy atom. The molecule has 9 atom stereocenters. The van der Waals surface area contributed by atoms with Gasteiger partial charge in [0.25, 0.3) is 5.91 Å². The van der Waals surface area contributed by atoms with Crippen molar-refractivity contribution in [1.82, 2.24) is 25.9 Å². The van der Waals surface area contributed by atoms with Crippen molar-refractivity contribution >= 4 is 29.4 Å². The van der Waals surface area contributed by atoms with E-state index >= 15 is 0 Å². The van der Waals surface area contributed by atoms with Gasteiger partial charge in [0.1, 0.15) is 17.9 Å². The standard InChI is InChI=1S/C47H72N6O8/c1-27-36-21-32(47(36,6)7)22-37(27)50-45(59)42-41(28(2)54)38(24-48-39(55)16-17-40(56)57)61-53(42)25-29-14-13-15-35(43(29)60-12)30-18-31(20-34(19-30)52(10)11)44(58)49-33(26-51(8)9)23-46(3,4)5/h13-15,18-20,27-28,32-33,36-38,41-42,54H,16-17,21-26H2,1-12H3,(H,48,55)(H,49,58)(H,50,59)(H,56,57)/t27-,28-,32-,33-,36+,37-,38-,41+,42-/m0/s1. The molecule has 3 aliphatic carbocycles. The van der Waals surface area contributed by atoms with Gasteiger partial charge in [-0.3, -0.25) is 24.0 Å². The smallest absolute Gasteiger partial charge is 0.303 e. The van der Waals surface area contributed by atoms with Crippen molar-refractivity contribution < 1.29 is 39.0 Å². The third-order valence-corrected chi connectivity index (χ3v) is 13.4. The van der Waals surface area contributed by atoms with Crippen molar-refractivity contribution in [1.29, 1.82) is 0 Å². The Hall–Kier alpha value is -4.24. The summed E-state index contributed by atoms with van der Waals surface area (Å²) < 4.78 is 6.14. The van der Waals surface area contributed by atoms with Gasteiger partial charge >= 0.3 is 5.97 Å². The Bertz CT molecular complexity index is 1890. The highest BCUT2D eigenvalue weighted by molar-refractivity contribution is 5.97. The first-order valence-electron chi connectivity index (χ1n) is 21.8. The van der Waals surface area contributed by atoms with Crippen molar-refractivity contribution in [3.8, 4) is 16.9 Å². The van der Waals surface area contributed by atoms with E-state index in [2.05, 4.69) is 62.4 Å². The van der Waals surface area contributed by atoms with Crippen molar-refractivity contribution in [2.45, 2.75) is 117 Å². The minimum Gasteiger partial charge on any atom is -0.496 e. The number of likely N-dealkylation sites (N-methyl/N-ethyl adjacent to an activating group) is 1. The van der Waals surface area contributed by atoms with Gasteiger partial charge in [0.05, 0.1) is 26.2 Å². The molecule has 61 heavy (non-hydrogen) atoms. The Morgan fingerprint density at radius 1 is 1.05 bits per heavy atom. The molecule has 3 saturated carbocycles. The van der Waals surface area contributed by atoms with E-state index < -0.39 is 36.0 Å². The van der Waals surface area contributed by atoms with Crippen molar-refractivity contribution in [2.24, 2.45) is 34.5 Å². The number of carboxylic acids is 1. The lowest BCUT2D eigenvalue weighted by molar-refractivity contribution is -0.177. The Morgan fingerprint density at radius 2 is 1.75 bits per heavy atom. The van der Waals surface area contributed by atoms with Crippen LogP contribution in [0.2, 0.25) is 0 Å². The lowest BCUT2D eigenvalue weighted by Gasteiger charge is -2.62. The zero-order valence-electron chi connectivity index (χ0n) is 38.5. The zero-order valence-corrected chi connectivity index (χ0v) is 38.5. The van der Waals surface area contributed by atoms with Gasteiger partial charge < -0.3 is 40.7 Å². The van der Waals surface area contributed by atoms with Gasteiger partial charge in [-0.1, -0.05) is 59.7 Å². The number of nitrogens with zero attached hydrogens (tertiary/aromatic N) is 3. The van der Waals surface area contributed by atoms with Gasteiger partial charge in [-0.2, -0.15) is 5.06 Å². The molecular weight excluding hydrogens is 777 g/mol. The minimum absolute atomic E-state index is 0.00802. The van der Waals surface area contributed by atoms with E-state index in [1.807, 2.05) is 69.5 Å². The summed E-state index contributed by atoms with van der Waals surface area (Å²) in [4.78, 5) is 63.0. The predicted molar refractivity (Wildman–Crippen MR) is 237 cm³/mol. The maximum absolute atomic E-state index is 14.6. The third kappa shape index (κ3) is 11.4. The fraction of sp³-hybridized carbons (Fsp3) is 0.660. The number of hydrogen-bond acceptors (Lipinski definition) is 10. The average Bonchev–Trinajstić information content (AvgIpc) is 3.53. The number of aliphatic carboxylic acids is 1. The highest BCUT2D eigenvalue weighted by Gasteiger charge is 2.57. The zero-order chi connectivity index (χ0) is 45.1. The number of anilines is 1. The average molecular weight is 849 g/mol. The maximum Gasteiger partial charge on any atom is 0.303 e. The molecule has 0 unspecified atom stereocenters. The predicted octanol–water partition coefficient (Wildman–Crippen LogP) is 5.17. The van der Waals surface area contributed by atoms with E-state index in [-0.39, 0.29) is 66.6 Å². The largest absolute Gasteiger partial charge is 0.496 e. The number of hydroxylamine groups is 2. The van der Waals surface area contributed by atoms with Crippen LogP contribution in [0.25, 0.3) is 11.1 Å². The van der Waals surface area contributed by atoms with Gasteiger partial charge in [-0.05, 0) is 92.6 Å². The van der Waals surface area contributed by atoms with Gasteiger partial charge in [0.15, 0.2) is 0 Å². The summed E-state index contributed by atoms with van der Waals surface area (Å²) in [6, 6.07) is 10.5. The number of para-hydroxylation sites is 1. The SMILES string of the molecule is COc1c(CN2O[C@@H](CNC(=O)CCC(=O)O)[C@@H]([C@H](C)O)[C@H]2C(=O)N[C@H]2C[C@@H]3C[C@H]([C@@H]2C)C3(C)C)cccc1-c1cc(C(=O)N[C@H](CN(C)C)CC(C)(C)C)cc(N(C)C)c1. The topological polar surface area (TPSA) is 173 Å². The van der Waals surface area contributed by atoms with Crippen LogP contribution < -0.4 is 25.6 Å². The Labute approximate surface area is 363 Å². The molecule has 3 amide bonds. The van der Waals surface area contributed by atoms with Crippen LogP contribution in [-0.4, -0.2) is 123 Å². The summed E-state index contributed by atoms with van der Waals surface area (Å²) >= 11 is 0. The summed E-state index contributed by atoms with van der Waals surface area (Å²) in [5, 5.41) is 31.4. The summed E-state index contributed by atoms with van der Waals surface area (Å²) in [6.45, 7) is 15.7. The van der Waals surface area contributed by atoms with E-state index in [1.165, 1.54) is 0 Å². The Balaban J connectivity index is 1.48. The van der Waals surface area contributed by atoms with Gasteiger partial charge in [0, 0.05) is 74.0 Å². The Kier molecular flexibility index (Phi) is 15.2. The second kappa shape index (κ2) is 19.4. The highest BCUT2D eigenvalue weighted by atomic mass is 16.7. The third-order valence-electron chi connectivity index (χ3n) is 13.4. The number of aliphatic hydroxyl groups excluding tert-OH is 1. The number of benzene rings is 2. The molecule has 5 N–H and O–H groups in total. The number of nitrogens with one attached hydrogen (secondary N) is 3. The fourth-order valence-electron chi connectivity index (χ4n) is 10.1. The number of methoxy groups -OCH3 is 1. The molecule has 1 saturated heterocycles. The van der Waals surface area contributed by atoms with Crippen LogP contribution in [-0.2, 0) is 25.8 Å². The van der Waals surface area contributed by atoms with E-state index in [9.17, 15) is 24.3 Å². The monoisotopic (exact) mass is 849 g/mol. The van der Waals surface area contributed by atoms with E-state index in [0.717, 1.165) is 36.1 Å². The lowest BCUT2D eigenvalue weighted by atomic mass is 9.45. The molecule has 1 heterocycles. The summed E-state index contributed by atoms with van der Waals surface area (Å²) in [5.41, 5.74) is 3.80. The fourth-order valence-corrected chi connectivity index (χ4v) is 10.1. The first-order valence-corrected chi connectivity index (χ1v) is 21.8. The number of carbonyl (C=O) groups is 4. The highest BCUT2D eigenvalue weighted by Crippen LogP contribution is 2.61. The van der Waals surface area contributed by atoms with Gasteiger partial charge in [-0.15, -0.1) is 0 Å². The number of fused-ring (bicyclic) bond motifs is 2. The molecule has 2 aromatic carbocycles. The van der Waals surface area contributed by atoms with E-state index in [1.54, 1.807) is 19.1 Å². The minimum atomic E-state index is -1.08. The molecule has 1 aliphatic heterocycles. The van der Waals surface area contributed by atoms with Crippen molar-refractivity contribution in [3.05, 3.63) is 47.5 Å². The number of rotatable bonds is 18. The number of carboxylic acid groups (broad SMARTS) is 1. The number of carbonyl (C=O) groups excluding carboxylic acids is 3. The molecule has 0 radical (unpaired) electrons. The number of hydrogen-bond donors (Lipinski definition) is 5. The molecule has 338 valence electrons. The summed E-state index contributed by atoms with van der Waals surface area (Å²) in [6.07, 6.45) is 0.530. The van der Waals surface area contributed by atoms with Crippen LogP contribution in [0, 0.1) is 34.5 Å². The van der Waals surface area contributed by atoms with Crippen molar-refractivity contribution in [2.75, 3.05) is 53.3 Å². The van der Waals surface area contributed by atoms with Crippen LogP contribution in [0.1, 0.15) is 96.5 Å². The molecule has 2 bridgehead atoms. The number of ether oxygens (including phenoxy) is 1. The number of amides is 3. The molecule has 4 fully saturated rings. The van der Waals surface area contributed by atoms with Crippen LogP contribution in [0.5, 0.6) is 5.75 Å². The molecule has 14 nitrogen and oxygen atoms in total. The number of aliphatic hydroxyl groups is 1. The normalized spacial score (nSPS) is 25.6. The summed E-state index contributed by atoms with van der Waals surface area (Å²) in [7, 11) is 9.45. The second-order valence-corrected chi connectivity index (χ2v) is 20.1. The molecule has 0 spiro atoms. The van der Waals surface area contributed by atoms with Gasteiger partial charge in [0.2, 0.25) is 11.8 Å².